The summed E-state index contributed by atoms with van der Waals surface area (Å²) in [6.45, 7) is 1.89. The Morgan fingerprint density at radius 3 is 2.62 bits per heavy atom. The smallest absolute Gasteiger partial charge is 0.306 e. The lowest BCUT2D eigenvalue weighted by molar-refractivity contribution is -0.142. The Kier molecular flexibility index (Phi) is 5.67. The maximum absolute atomic E-state index is 12.5. The number of likely N-dealkylation sites (tertiary alicyclic amines) is 1. The summed E-state index contributed by atoms with van der Waals surface area (Å²) in [5, 5.41) is -0.357. The largest absolute Gasteiger partial charge is 0.469 e. The molecule has 1 saturated carbocycles. The second kappa shape index (κ2) is 7.29. The molecule has 1 aliphatic heterocycles. The number of rotatable bonds is 5. The van der Waals surface area contributed by atoms with Gasteiger partial charge >= 0.3 is 5.97 Å². The molecule has 0 spiro atoms. The number of ether oxygens (including phenoxy) is 1. The molecule has 1 aliphatic carbocycles. The Morgan fingerprint density at radius 1 is 1.33 bits per heavy atom. The van der Waals surface area contributed by atoms with Crippen molar-refractivity contribution in [1.29, 1.82) is 0 Å². The van der Waals surface area contributed by atoms with E-state index in [1.54, 1.807) is 0 Å². The molecule has 6 heteroatoms. The molecule has 0 aromatic carbocycles. The molecule has 21 heavy (non-hydrogen) atoms. The van der Waals surface area contributed by atoms with Crippen LogP contribution in [0.4, 0.5) is 0 Å². The Morgan fingerprint density at radius 2 is 2.00 bits per heavy atom. The van der Waals surface area contributed by atoms with Crippen molar-refractivity contribution in [2.24, 2.45) is 0 Å². The zero-order valence-electron chi connectivity index (χ0n) is 12.7. The maximum atomic E-state index is 12.5. The van der Waals surface area contributed by atoms with Crippen molar-refractivity contribution in [3.8, 4) is 0 Å². The van der Waals surface area contributed by atoms with Crippen molar-refractivity contribution >= 4 is 29.5 Å². The van der Waals surface area contributed by atoms with Gasteiger partial charge in [0.25, 0.3) is 0 Å². The lowest BCUT2D eigenvalue weighted by atomic mass is 9.94. The summed E-state index contributed by atoms with van der Waals surface area (Å²) < 4.78 is 4.64. The molecule has 118 valence electrons. The van der Waals surface area contributed by atoms with Gasteiger partial charge in [-0.3, -0.25) is 19.3 Å². The highest BCUT2D eigenvalue weighted by atomic mass is 32.2. The van der Waals surface area contributed by atoms with Gasteiger partial charge in [0.15, 0.2) is 0 Å². The van der Waals surface area contributed by atoms with Crippen LogP contribution >= 0.6 is 11.8 Å². The van der Waals surface area contributed by atoms with Crippen molar-refractivity contribution in [2.45, 2.75) is 68.4 Å². The maximum Gasteiger partial charge on any atom is 0.306 e. The predicted molar refractivity (Wildman–Crippen MR) is 80.8 cm³/mol. The Bertz CT molecular complexity index is 420. The van der Waals surface area contributed by atoms with Crippen LogP contribution in [-0.4, -0.2) is 46.3 Å². The van der Waals surface area contributed by atoms with Crippen molar-refractivity contribution in [2.75, 3.05) is 7.11 Å². The second-order valence-corrected chi connectivity index (χ2v) is 7.46. The number of hydrogen-bond donors (Lipinski definition) is 0. The summed E-state index contributed by atoms with van der Waals surface area (Å²) in [4.78, 5) is 37.4. The number of methoxy groups -OCH3 is 1. The fourth-order valence-electron chi connectivity index (χ4n) is 3.10. The minimum Gasteiger partial charge on any atom is -0.469 e. The Hall–Kier alpha value is -1.04. The van der Waals surface area contributed by atoms with Gasteiger partial charge in [0.2, 0.25) is 11.8 Å². The van der Waals surface area contributed by atoms with Gasteiger partial charge in [-0.2, -0.15) is 0 Å². The molecule has 2 aliphatic rings. The molecule has 1 heterocycles. The summed E-state index contributed by atoms with van der Waals surface area (Å²) in [5.41, 5.74) is 0. The summed E-state index contributed by atoms with van der Waals surface area (Å²) in [6, 6.07) is 0.0975. The van der Waals surface area contributed by atoms with E-state index in [2.05, 4.69) is 4.74 Å². The summed E-state index contributed by atoms with van der Waals surface area (Å²) in [5.74, 6) is -0.390. The lowest BCUT2D eigenvalue weighted by Gasteiger charge is -2.29. The van der Waals surface area contributed by atoms with Crippen molar-refractivity contribution in [3.63, 3.8) is 0 Å². The van der Waals surface area contributed by atoms with Crippen LogP contribution in [0.1, 0.15) is 51.9 Å². The number of carbonyl (C=O) groups excluding carboxylic acids is 3. The second-order valence-electron chi connectivity index (χ2n) is 5.81. The molecule has 2 fully saturated rings. The van der Waals surface area contributed by atoms with Gasteiger partial charge in [-0.05, 0) is 12.8 Å². The van der Waals surface area contributed by atoms with E-state index in [9.17, 15) is 14.4 Å². The molecule has 5 nitrogen and oxygen atoms in total. The van der Waals surface area contributed by atoms with Crippen molar-refractivity contribution < 1.29 is 19.1 Å². The highest BCUT2D eigenvalue weighted by Crippen LogP contribution is 2.34. The normalized spacial score (nSPS) is 25.2. The lowest BCUT2D eigenvalue weighted by Crippen LogP contribution is -2.41. The van der Waals surface area contributed by atoms with Crippen LogP contribution in [0.5, 0.6) is 0 Å². The van der Waals surface area contributed by atoms with Crippen LogP contribution in [0.25, 0.3) is 0 Å². The van der Waals surface area contributed by atoms with Gasteiger partial charge in [-0.1, -0.05) is 26.2 Å². The summed E-state index contributed by atoms with van der Waals surface area (Å²) in [7, 11) is 1.36. The van der Waals surface area contributed by atoms with Crippen LogP contribution in [0.15, 0.2) is 0 Å². The van der Waals surface area contributed by atoms with Crippen LogP contribution in [0.2, 0.25) is 0 Å². The van der Waals surface area contributed by atoms with Crippen LogP contribution < -0.4 is 0 Å². The average Bonchev–Trinajstić information content (AvgIpc) is 2.74. The molecule has 0 aromatic rings. The van der Waals surface area contributed by atoms with E-state index >= 15 is 0 Å². The fourth-order valence-corrected chi connectivity index (χ4v) is 4.36. The van der Waals surface area contributed by atoms with Crippen molar-refractivity contribution in [1.82, 2.24) is 4.90 Å². The van der Waals surface area contributed by atoms with Gasteiger partial charge in [-0.25, -0.2) is 0 Å². The highest BCUT2D eigenvalue weighted by molar-refractivity contribution is 8.01. The number of amides is 2. The van der Waals surface area contributed by atoms with E-state index in [-0.39, 0.29) is 47.2 Å². The van der Waals surface area contributed by atoms with Crippen LogP contribution in [-0.2, 0) is 19.1 Å². The molecule has 0 aromatic heterocycles. The predicted octanol–water partition coefficient (Wildman–Crippen LogP) is 2.13. The molecular formula is C15H23NO4S. The molecule has 0 N–H and O–H groups in total. The van der Waals surface area contributed by atoms with Gasteiger partial charge in [0.05, 0.1) is 18.8 Å². The molecule has 2 atom stereocenters. The standard InChI is InChI=1S/C15H23NO4S/c1-10(8-14(18)20-2)21-12-9-13(17)16(15(12)19)11-6-4-3-5-7-11/h10-12H,3-9H2,1-2H3. The molecule has 0 bridgehead atoms. The van der Waals surface area contributed by atoms with E-state index in [4.69, 9.17) is 0 Å². The Labute approximate surface area is 129 Å². The molecule has 2 unspecified atom stereocenters. The third-order valence-corrected chi connectivity index (χ3v) is 5.49. The number of nitrogens with zero attached hydrogens (tertiary/aromatic N) is 1. The molecule has 2 rings (SSSR count). The van der Waals surface area contributed by atoms with E-state index < -0.39 is 0 Å². The van der Waals surface area contributed by atoms with Gasteiger partial charge < -0.3 is 4.74 Å². The Balaban J connectivity index is 1.92. The van der Waals surface area contributed by atoms with Crippen LogP contribution in [0, 0.1) is 0 Å². The minimum atomic E-state index is -0.334. The minimum absolute atomic E-state index is 0.0227. The quantitative estimate of drug-likeness (QED) is 0.575. The zero-order valence-corrected chi connectivity index (χ0v) is 13.5. The van der Waals surface area contributed by atoms with Crippen molar-refractivity contribution in [3.05, 3.63) is 0 Å². The number of thioether (sulfide) groups is 1. The van der Waals surface area contributed by atoms with E-state index in [0.717, 1.165) is 25.7 Å². The molecule has 0 radical (unpaired) electrons. The van der Waals surface area contributed by atoms with Gasteiger partial charge in [-0.15, -0.1) is 11.8 Å². The van der Waals surface area contributed by atoms with Gasteiger partial charge in [0, 0.05) is 17.7 Å². The number of imide groups is 1. The molecule has 1 saturated heterocycles. The molecule has 2 amide bonds. The summed E-state index contributed by atoms with van der Waals surface area (Å²) >= 11 is 1.42. The third-order valence-electron chi connectivity index (χ3n) is 4.16. The van der Waals surface area contributed by atoms with E-state index in [0.29, 0.717) is 0 Å². The average molecular weight is 313 g/mol. The number of hydrogen-bond acceptors (Lipinski definition) is 5. The first kappa shape index (κ1) is 16.3. The van der Waals surface area contributed by atoms with Crippen LogP contribution in [0.3, 0.4) is 0 Å². The number of carbonyl (C=O) groups is 3. The SMILES string of the molecule is COC(=O)CC(C)SC1CC(=O)N(C2CCCCC2)C1=O. The van der Waals surface area contributed by atoms with Gasteiger partial charge in [0.1, 0.15) is 0 Å². The first-order chi connectivity index (χ1) is 10.0. The summed E-state index contributed by atoms with van der Waals surface area (Å²) in [6.07, 6.45) is 5.80. The van der Waals surface area contributed by atoms with E-state index in [1.165, 1.54) is 30.2 Å². The molecular weight excluding hydrogens is 290 g/mol. The first-order valence-electron chi connectivity index (χ1n) is 7.61. The number of esters is 1. The fraction of sp³-hybridized carbons (Fsp3) is 0.800. The monoisotopic (exact) mass is 313 g/mol. The van der Waals surface area contributed by atoms with E-state index in [1.807, 2.05) is 6.92 Å². The first-order valence-corrected chi connectivity index (χ1v) is 8.55. The third kappa shape index (κ3) is 3.99. The highest BCUT2D eigenvalue weighted by Gasteiger charge is 2.43. The zero-order chi connectivity index (χ0) is 15.4. The topological polar surface area (TPSA) is 63.7 Å².